The first-order valence-corrected chi connectivity index (χ1v) is 11.8. The first-order chi connectivity index (χ1) is 16.5. The molecule has 0 N–H and O–H groups in total. The Balaban J connectivity index is 1.31. The lowest BCUT2D eigenvalue weighted by Crippen LogP contribution is -2.51. The summed E-state index contributed by atoms with van der Waals surface area (Å²) in [5.41, 5.74) is 1.58. The molecule has 174 valence electrons. The number of carbonyl (C=O) groups is 1. The summed E-state index contributed by atoms with van der Waals surface area (Å²) >= 11 is 1.39. The van der Waals surface area contributed by atoms with Gasteiger partial charge < -0.3 is 4.90 Å². The number of amides is 1. The lowest BCUT2D eigenvalue weighted by atomic mass is 9.96. The number of aromatic nitrogens is 2. The number of nitrogens with zero attached hydrogens (tertiary/aromatic N) is 4. The molecule has 1 fully saturated rings. The first-order valence-electron chi connectivity index (χ1n) is 10.9. The van der Waals surface area contributed by atoms with Crippen LogP contribution in [0.3, 0.4) is 0 Å². The number of hydrogen-bond acceptors (Lipinski definition) is 5. The summed E-state index contributed by atoms with van der Waals surface area (Å²) in [5.74, 6) is -0.775. The van der Waals surface area contributed by atoms with E-state index >= 15 is 0 Å². The quantitative estimate of drug-likeness (QED) is 0.438. The largest absolute Gasteiger partial charge is 0.339 e. The monoisotopic (exact) mass is 480 g/mol. The highest BCUT2D eigenvalue weighted by molar-refractivity contribution is 7.16. The molecule has 34 heavy (non-hydrogen) atoms. The fraction of sp³-hybridized carbons (Fsp3) is 0.240. The SMILES string of the molecule is O=C(Cn1cnc2sccc2c1=O)N1CCN(C(c2ccc(F)cc2)c2ccc(F)cc2)CC1. The number of carbonyl (C=O) groups excluding carboxylic acids is 1. The number of thiophene rings is 1. The molecule has 0 unspecified atom stereocenters. The maximum atomic E-state index is 13.5. The molecule has 3 heterocycles. The number of hydrogen-bond donors (Lipinski definition) is 0. The molecule has 2 aromatic carbocycles. The van der Waals surface area contributed by atoms with Gasteiger partial charge in [0.1, 0.15) is 23.0 Å². The van der Waals surface area contributed by atoms with Crippen molar-refractivity contribution in [3.8, 4) is 0 Å². The highest BCUT2D eigenvalue weighted by Crippen LogP contribution is 2.30. The van der Waals surface area contributed by atoms with E-state index in [1.54, 1.807) is 35.2 Å². The van der Waals surface area contributed by atoms with Crippen LogP contribution in [0.25, 0.3) is 10.2 Å². The van der Waals surface area contributed by atoms with Crippen LogP contribution in [-0.2, 0) is 11.3 Å². The van der Waals surface area contributed by atoms with E-state index in [9.17, 15) is 18.4 Å². The first kappa shape index (κ1) is 22.4. The zero-order chi connectivity index (χ0) is 23.7. The zero-order valence-corrected chi connectivity index (χ0v) is 19.0. The van der Waals surface area contributed by atoms with Crippen molar-refractivity contribution < 1.29 is 13.6 Å². The van der Waals surface area contributed by atoms with Crippen LogP contribution in [0, 0.1) is 11.6 Å². The molecule has 0 atom stereocenters. The summed E-state index contributed by atoms with van der Waals surface area (Å²) < 4.78 is 28.4. The Morgan fingerprint density at radius 2 is 1.50 bits per heavy atom. The molecular formula is C25H22F2N4O2S. The van der Waals surface area contributed by atoms with E-state index in [1.807, 2.05) is 5.38 Å². The maximum Gasteiger partial charge on any atom is 0.262 e. The fourth-order valence-electron chi connectivity index (χ4n) is 4.39. The van der Waals surface area contributed by atoms with Crippen molar-refractivity contribution in [2.45, 2.75) is 12.6 Å². The average molecular weight is 481 g/mol. The third kappa shape index (κ3) is 4.49. The number of rotatable bonds is 5. The number of halogens is 2. The molecule has 2 aromatic heterocycles. The van der Waals surface area contributed by atoms with Gasteiger partial charge in [-0.3, -0.25) is 19.1 Å². The van der Waals surface area contributed by atoms with Gasteiger partial charge in [-0.1, -0.05) is 24.3 Å². The third-order valence-corrected chi connectivity index (χ3v) is 6.98. The minimum Gasteiger partial charge on any atom is -0.339 e. The Labute approximate surface area is 198 Å². The predicted molar refractivity (Wildman–Crippen MR) is 127 cm³/mol. The Morgan fingerprint density at radius 1 is 0.912 bits per heavy atom. The summed E-state index contributed by atoms with van der Waals surface area (Å²) in [4.78, 5) is 34.4. The zero-order valence-electron chi connectivity index (χ0n) is 18.2. The van der Waals surface area contributed by atoms with Crippen molar-refractivity contribution in [1.82, 2.24) is 19.4 Å². The number of fused-ring (bicyclic) bond motifs is 1. The summed E-state index contributed by atoms with van der Waals surface area (Å²) in [7, 11) is 0. The molecule has 6 nitrogen and oxygen atoms in total. The Morgan fingerprint density at radius 3 is 2.09 bits per heavy atom. The van der Waals surface area contributed by atoms with Crippen LogP contribution in [-0.4, -0.2) is 51.4 Å². The Bertz CT molecular complexity index is 1310. The normalized spacial score (nSPS) is 14.7. The lowest BCUT2D eigenvalue weighted by Gasteiger charge is -2.39. The topological polar surface area (TPSA) is 58.4 Å². The van der Waals surface area contributed by atoms with Crippen LogP contribution in [0.2, 0.25) is 0 Å². The van der Waals surface area contributed by atoms with Gasteiger partial charge in [0.25, 0.3) is 5.56 Å². The van der Waals surface area contributed by atoms with E-state index < -0.39 is 0 Å². The second-order valence-electron chi connectivity index (χ2n) is 8.24. The lowest BCUT2D eigenvalue weighted by molar-refractivity contribution is -0.133. The summed E-state index contributed by atoms with van der Waals surface area (Å²) in [6.45, 7) is 2.09. The van der Waals surface area contributed by atoms with E-state index in [0.29, 0.717) is 36.4 Å². The molecule has 0 saturated carbocycles. The molecule has 9 heteroatoms. The third-order valence-electron chi connectivity index (χ3n) is 6.16. The standard InChI is InChI=1S/C25H22F2N4O2S/c26-19-5-1-17(2-6-19)23(18-3-7-20(27)8-4-18)30-12-10-29(11-13-30)22(32)15-31-16-28-24-21(25(31)33)9-14-34-24/h1-9,14,16,23H,10-13,15H2. The summed E-state index contributed by atoms with van der Waals surface area (Å²) in [5, 5.41) is 2.33. The van der Waals surface area contributed by atoms with Gasteiger partial charge in [0.15, 0.2) is 0 Å². The van der Waals surface area contributed by atoms with Crippen LogP contribution < -0.4 is 5.56 Å². The average Bonchev–Trinajstić information content (AvgIpc) is 3.34. The Kier molecular flexibility index (Phi) is 6.21. The van der Waals surface area contributed by atoms with Gasteiger partial charge in [0, 0.05) is 26.2 Å². The molecule has 0 radical (unpaired) electrons. The molecular weight excluding hydrogens is 458 g/mol. The van der Waals surface area contributed by atoms with Gasteiger partial charge in [-0.25, -0.2) is 13.8 Å². The smallest absolute Gasteiger partial charge is 0.262 e. The highest BCUT2D eigenvalue weighted by Gasteiger charge is 2.28. The minimum atomic E-state index is -0.317. The highest BCUT2D eigenvalue weighted by atomic mass is 32.1. The molecule has 0 bridgehead atoms. The minimum absolute atomic E-state index is 0.0586. The van der Waals surface area contributed by atoms with Crippen LogP contribution >= 0.6 is 11.3 Å². The fourth-order valence-corrected chi connectivity index (χ4v) is 5.11. The van der Waals surface area contributed by atoms with E-state index in [2.05, 4.69) is 9.88 Å². The van der Waals surface area contributed by atoms with Crippen LogP contribution in [0.4, 0.5) is 8.78 Å². The van der Waals surface area contributed by atoms with E-state index in [1.165, 1.54) is 46.5 Å². The van der Waals surface area contributed by atoms with Gasteiger partial charge in [-0.2, -0.15) is 0 Å². The van der Waals surface area contributed by atoms with Gasteiger partial charge >= 0.3 is 0 Å². The number of benzene rings is 2. The maximum absolute atomic E-state index is 13.5. The van der Waals surface area contributed by atoms with Crippen molar-refractivity contribution >= 4 is 27.5 Å². The van der Waals surface area contributed by atoms with Gasteiger partial charge in [0.2, 0.25) is 5.91 Å². The molecule has 5 rings (SSSR count). The van der Waals surface area contributed by atoms with Crippen molar-refractivity contribution in [1.29, 1.82) is 0 Å². The van der Waals surface area contributed by atoms with Gasteiger partial charge in [-0.05, 0) is 46.8 Å². The van der Waals surface area contributed by atoms with Crippen molar-refractivity contribution in [3.63, 3.8) is 0 Å². The van der Waals surface area contributed by atoms with E-state index in [-0.39, 0.29) is 35.7 Å². The molecule has 1 aliphatic rings. The second kappa shape index (κ2) is 9.44. The summed E-state index contributed by atoms with van der Waals surface area (Å²) in [6.07, 6.45) is 1.43. The number of piperazine rings is 1. The van der Waals surface area contributed by atoms with E-state index in [0.717, 1.165) is 11.1 Å². The predicted octanol–water partition coefficient (Wildman–Crippen LogP) is 3.67. The molecule has 1 aliphatic heterocycles. The van der Waals surface area contributed by atoms with Crippen molar-refractivity contribution in [2.24, 2.45) is 0 Å². The second-order valence-corrected chi connectivity index (χ2v) is 9.13. The van der Waals surface area contributed by atoms with E-state index in [4.69, 9.17) is 0 Å². The summed E-state index contributed by atoms with van der Waals surface area (Å²) in [6, 6.07) is 14.2. The molecule has 0 spiro atoms. The van der Waals surface area contributed by atoms with Gasteiger partial charge in [-0.15, -0.1) is 11.3 Å². The van der Waals surface area contributed by atoms with Crippen LogP contribution in [0.15, 0.2) is 71.1 Å². The van der Waals surface area contributed by atoms with Crippen LogP contribution in [0.1, 0.15) is 17.2 Å². The van der Waals surface area contributed by atoms with Gasteiger partial charge in [0.05, 0.1) is 17.8 Å². The molecule has 1 saturated heterocycles. The van der Waals surface area contributed by atoms with Crippen molar-refractivity contribution in [2.75, 3.05) is 26.2 Å². The molecule has 1 amide bonds. The van der Waals surface area contributed by atoms with Crippen LogP contribution in [0.5, 0.6) is 0 Å². The Hall–Kier alpha value is -3.43. The molecule has 0 aliphatic carbocycles. The molecule has 4 aromatic rings. The van der Waals surface area contributed by atoms with Crippen molar-refractivity contribution in [3.05, 3.63) is 99.4 Å².